The predicted molar refractivity (Wildman–Crippen MR) is 275 cm³/mol. The maximum Gasteiger partial charge on any atom is 0.306 e. The molecule has 0 N–H and O–H groups in total. The molecule has 64 heavy (non-hydrogen) atoms. The number of carbonyl (C=O) groups excluding carboxylic acids is 3. The molecule has 6 nitrogen and oxygen atoms in total. The smallest absolute Gasteiger partial charge is 0.306 e. The van der Waals surface area contributed by atoms with E-state index in [0.29, 0.717) is 19.3 Å². The predicted octanol–water partition coefficient (Wildman–Crippen LogP) is 18.3. The Morgan fingerprint density at radius 1 is 0.312 bits per heavy atom. The van der Waals surface area contributed by atoms with Crippen molar-refractivity contribution in [1.82, 2.24) is 0 Å². The summed E-state index contributed by atoms with van der Waals surface area (Å²) in [6.45, 7) is 6.59. The Hall–Kier alpha value is -2.63. The summed E-state index contributed by atoms with van der Waals surface area (Å²) in [5.41, 5.74) is 0. The van der Waals surface area contributed by atoms with Gasteiger partial charge in [0.05, 0.1) is 0 Å². The molecule has 0 aromatic heterocycles. The second kappa shape index (κ2) is 53.0. The van der Waals surface area contributed by atoms with Crippen LogP contribution in [0.15, 0.2) is 48.6 Å². The molecule has 0 amide bonds. The molecule has 372 valence electrons. The highest BCUT2D eigenvalue weighted by molar-refractivity contribution is 5.71. The van der Waals surface area contributed by atoms with E-state index in [0.717, 1.165) is 64.2 Å². The minimum absolute atomic E-state index is 0.0858. The van der Waals surface area contributed by atoms with Gasteiger partial charge < -0.3 is 14.2 Å². The summed E-state index contributed by atoms with van der Waals surface area (Å²) in [4.78, 5) is 38.0. The fourth-order valence-corrected chi connectivity index (χ4v) is 7.91. The maximum absolute atomic E-state index is 12.8. The van der Waals surface area contributed by atoms with E-state index in [1.165, 1.54) is 173 Å². The Morgan fingerprint density at radius 2 is 0.578 bits per heavy atom. The lowest BCUT2D eigenvalue weighted by atomic mass is 10.0. The van der Waals surface area contributed by atoms with Gasteiger partial charge in [-0.25, -0.2) is 0 Å². The molecule has 0 saturated carbocycles. The van der Waals surface area contributed by atoms with Gasteiger partial charge in [-0.05, 0) is 57.8 Å². The summed E-state index contributed by atoms with van der Waals surface area (Å²) in [7, 11) is 0. The van der Waals surface area contributed by atoms with Gasteiger partial charge in [0.15, 0.2) is 6.10 Å². The first-order valence-electron chi connectivity index (χ1n) is 27.6. The average Bonchev–Trinajstić information content (AvgIpc) is 3.29. The van der Waals surface area contributed by atoms with E-state index in [1.54, 1.807) is 0 Å². The van der Waals surface area contributed by atoms with Gasteiger partial charge in [0.1, 0.15) is 13.2 Å². The number of unbranched alkanes of at least 4 members (excludes halogenated alkanes) is 31. The molecule has 0 aromatic carbocycles. The van der Waals surface area contributed by atoms with Crippen LogP contribution in [0.2, 0.25) is 0 Å². The van der Waals surface area contributed by atoms with Crippen molar-refractivity contribution in [2.75, 3.05) is 13.2 Å². The molecular weight excluding hydrogens is 793 g/mol. The lowest BCUT2D eigenvalue weighted by Crippen LogP contribution is -2.30. The van der Waals surface area contributed by atoms with Gasteiger partial charge >= 0.3 is 17.9 Å². The lowest BCUT2D eigenvalue weighted by molar-refractivity contribution is -0.167. The van der Waals surface area contributed by atoms with Crippen LogP contribution in [0.3, 0.4) is 0 Å². The molecule has 1 unspecified atom stereocenters. The van der Waals surface area contributed by atoms with Gasteiger partial charge in [-0.2, -0.15) is 0 Å². The van der Waals surface area contributed by atoms with E-state index >= 15 is 0 Å². The van der Waals surface area contributed by atoms with Crippen LogP contribution < -0.4 is 0 Å². The number of rotatable bonds is 50. The van der Waals surface area contributed by atoms with Crippen molar-refractivity contribution in [3.05, 3.63) is 48.6 Å². The Balaban J connectivity index is 4.43. The average molecular weight is 897 g/mol. The van der Waals surface area contributed by atoms with Gasteiger partial charge in [0.25, 0.3) is 0 Å². The zero-order chi connectivity index (χ0) is 46.5. The van der Waals surface area contributed by atoms with Crippen molar-refractivity contribution < 1.29 is 28.6 Å². The van der Waals surface area contributed by atoms with Crippen LogP contribution in [0.4, 0.5) is 0 Å². The molecule has 0 spiro atoms. The standard InChI is InChI=1S/C58H104O6/c1-4-7-10-13-16-19-22-25-27-29-31-33-36-39-42-45-48-51-57(60)63-54-55(53-62-56(59)50-47-44-41-38-35-32-24-21-18-15-12-9-6-3)64-58(61)52-49-46-43-40-37-34-30-28-26-23-20-17-14-11-8-5-2/h16,19,25,27,31,33,39,42,55H,4-15,17-18,20-24,26,28-30,32,34-38,40-41,43-54H2,1-3H3/b19-16-,27-25-,33-31-,42-39-. The number of ether oxygens (including phenoxy) is 3. The van der Waals surface area contributed by atoms with E-state index in [1.807, 2.05) is 0 Å². The molecule has 0 saturated heterocycles. The molecule has 0 aromatic rings. The van der Waals surface area contributed by atoms with Crippen LogP contribution in [0.1, 0.15) is 284 Å². The topological polar surface area (TPSA) is 78.9 Å². The first kappa shape index (κ1) is 61.4. The van der Waals surface area contributed by atoms with Crippen LogP contribution in [0.25, 0.3) is 0 Å². The summed E-state index contributed by atoms with van der Waals surface area (Å²) >= 11 is 0. The maximum atomic E-state index is 12.8. The van der Waals surface area contributed by atoms with Gasteiger partial charge in [0.2, 0.25) is 0 Å². The fraction of sp³-hybridized carbons (Fsp3) is 0.810. The zero-order valence-electron chi connectivity index (χ0n) is 42.6. The molecule has 6 heteroatoms. The second-order valence-corrected chi connectivity index (χ2v) is 18.5. The molecule has 0 fully saturated rings. The Morgan fingerprint density at radius 3 is 0.938 bits per heavy atom. The molecule has 0 aliphatic carbocycles. The van der Waals surface area contributed by atoms with E-state index in [9.17, 15) is 14.4 Å². The largest absolute Gasteiger partial charge is 0.462 e. The number of esters is 3. The van der Waals surface area contributed by atoms with Crippen LogP contribution in [-0.2, 0) is 28.6 Å². The molecular formula is C58H104O6. The molecule has 0 bridgehead atoms. The van der Waals surface area contributed by atoms with Crippen molar-refractivity contribution >= 4 is 17.9 Å². The number of carbonyl (C=O) groups is 3. The first-order valence-corrected chi connectivity index (χ1v) is 27.6. The summed E-state index contributed by atoms with van der Waals surface area (Å²) < 4.78 is 16.8. The Kier molecular flexibility index (Phi) is 50.8. The van der Waals surface area contributed by atoms with Gasteiger partial charge in [0, 0.05) is 19.3 Å². The molecule has 0 aliphatic rings. The highest BCUT2D eigenvalue weighted by atomic mass is 16.6. The van der Waals surface area contributed by atoms with Crippen LogP contribution >= 0.6 is 0 Å². The third-order valence-corrected chi connectivity index (χ3v) is 12.1. The molecule has 0 radical (unpaired) electrons. The van der Waals surface area contributed by atoms with Crippen molar-refractivity contribution in [2.24, 2.45) is 0 Å². The SMILES string of the molecule is CCCCC/C=C\C/C=C\C/C=C\C/C=C\CCCC(=O)OCC(COC(=O)CCCCCCCCCCCCCCC)OC(=O)CCCCCCCCCCCCCCCCCC. The van der Waals surface area contributed by atoms with Crippen LogP contribution in [-0.4, -0.2) is 37.2 Å². The monoisotopic (exact) mass is 897 g/mol. The third kappa shape index (κ3) is 50.4. The van der Waals surface area contributed by atoms with Crippen molar-refractivity contribution in [3.8, 4) is 0 Å². The van der Waals surface area contributed by atoms with E-state index < -0.39 is 6.10 Å². The second-order valence-electron chi connectivity index (χ2n) is 18.5. The number of allylic oxidation sites excluding steroid dienone is 8. The van der Waals surface area contributed by atoms with Gasteiger partial charge in [-0.15, -0.1) is 0 Å². The van der Waals surface area contributed by atoms with E-state index in [-0.39, 0.29) is 37.5 Å². The van der Waals surface area contributed by atoms with Crippen molar-refractivity contribution in [1.29, 1.82) is 0 Å². The van der Waals surface area contributed by atoms with Crippen LogP contribution in [0, 0.1) is 0 Å². The Bertz CT molecular complexity index is 1120. The van der Waals surface area contributed by atoms with E-state index in [2.05, 4.69) is 69.4 Å². The van der Waals surface area contributed by atoms with Crippen molar-refractivity contribution in [2.45, 2.75) is 290 Å². The quantitative estimate of drug-likeness (QED) is 0.0262. The molecule has 1 atom stereocenters. The zero-order valence-corrected chi connectivity index (χ0v) is 42.6. The lowest BCUT2D eigenvalue weighted by Gasteiger charge is -2.18. The van der Waals surface area contributed by atoms with Gasteiger partial charge in [-0.1, -0.05) is 256 Å². The fourth-order valence-electron chi connectivity index (χ4n) is 7.91. The minimum Gasteiger partial charge on any atom is -0.462 e. The summed E-state index contributed by atoms with van der Waals surface area (Å²) in [6.07, 6.45) is 63.8. The molecule has 0 aliphatic heterocycles. The molecule has 0 rings (SSSR count). The highest BCUT2D eigenvalue weighted by Crippen LogP contribution is 2.16. The number of hydrogen-bond acceptors (Lipinski definition) is 6. The Labute approximate surface area is 397 Å². The first-order chi connectivity index (χ1) is 31.5. The number of hydrogen-bond donors (Lipinski definition) is 0. The normalized spacial score (nSPS) is 12.4. The van der Waals surface area contributed by atoms with Gasteiger partial charge in [-0.3, -0.25) is 14.4 Å². The molecule has 0 heterocycles. The summed E-state index contributed by atoms with van der Waals surface area (Å²) in [5, 5.41) is 0. The summed E-state index contributed by atoms with van der Waals surface area (Å²) in [5.74, 6) is -0.931. The third-order valence-electron chi connectivity index (χ3n) is 12.1. The highest BCUT2D eigenvalue weighted by Gasteiger charge is 2.19. The van der Waals surface area contributed by atoms with Crippen LogP contribution in [0.5, 0.6) is 0 Å². The summed E-state index contributed by atoms with van der Waals surface area (Å²) in [6, 6.07) is 0. The van der Waals surface area contributed by atoms with Crippen molar-refractivity contribution in [3.63, 3.8) is 0 Å². The minimum atomic E-state index is -0.790. The van der Waals surface area contributed by atoms with E-state index in [4.69, 9.17) is 14.2 Å².